The van der Waals surface area contributed by atoms with E-state index in [1.54, 1.807) is 48.7 Å². The Bertz CT molecular complexity index is 1290. The van der Waals surface area contributed by atoms with Crippen molar-refractivity contribution in [3.05, 3.63) is 33.7 Å². The molecule has 0 N–H and O–H groups in total. The van der Waals surface area contributed by atoms with E-state index < -0.39 is 52.7 Å². The number of ether oxygens (including phenoxy) is 2. The zero-order valence-electron chi connectivity index (χ0n) is 25.1. The number of fused-ring (bicyclic) bond motifs is 1. The second kappa shape index (κ2) is 12.9. The van der Waals surface area contributed by atoms with Gasteiger partial charge in [-0.25, -0.2) is 9.59 Å². The van der Waals surface area contributed by atoms with Crippen LogP contribution in [-0.4, -0.2) is 75.4 Å². The summed E-state index contributed by atoms with van der Waals surface area (Å²) < 4.78 is 56.7. The molecule has 0 bridgehead atoms. The van der Waals surface area contributed by atoms with Crippen LogP contribution in [0.15, 0.2) is 16.9 Å². The van der Waals surface area contributed by atoms with Crippen LogP contribution in [0.4, 0.5) is 18.0 Å². The Labute approximate surface area is 239 Å². The van der Waals surface area contributed by atoms with Crippen LogP contribution in [-0.2, 0) is 28.7 Å². The van der Waals surface area contributed by atoms with Crippen molar-refractivity contribution in [2.45, 2.75) is 104 Å². The van der Waals surface area contributed by atoms with E-state index in [-0.39, 0.29) is 30.7 Å². The van der Waals surface area contributed by atoms with Crippen molar-refractivity contribution in [2.75, 3.05) is 26.8 Å². The first-order chi connectivity index (χ1) is 19.1. The van der Waals surface area contributed by atoms with Gasteiger partial charge in [-0.2, -0.15) is 13.2 Å². The number of halogens is 3. The fraction of sp³-hybridized carbons (Fsp3) is 0.690. The zero-order chi connectivity index (χ0) is 30.7. The fourth-order valence-corrected chi connectivity index (χ4v) is 5.45. The number of unbranched alkanes of at least 4 members (excludes halogenated alkanes) is 1. The maximum Gasteiger partial charge on any atom is 0.417 e. The van der Waals surface area contributed by atoms with E-state index in [1.165, 1.54) is 25.0 Å². The Kier molecular flexibility index (Phi) is 10.2. The van der Waals surface area contributed by atoms with Gasteiger partial charge >= 0.3 is 18.0 Å². The number of aryl methyl sites for hydroxylation is 2. The van der Waals surface area contributed by atoms with Crippen LogP contribution in [0.5, 0.6) is 0 Å². The number of benzene rings is 1. The van der Waals surface area contributed by atoms with E-state index in [4.69, 9.17) is 9.47 Å². The molecule has 2 aromatic rings. The number of hydrogen-bond donors (Lipinski definition) is 0. The van der Waals surface area contributed by atoms with Gasteiger partial charge < -0.3 is 19.3 Å². The number of piperidine rings is 1. The Morgan fingerprint density at radius 3 is 2.32 bits per heavy atom. The molecule has 0 radical (unpaired) electrons. The molecule has 1 fully saturated rings. The second-order valence-electron chi connectivity index (χ2n) is 11.8. The van der Waals surface area contributed by atoms with Crippen LogP contribution in [0.3, 0.4) is 0 Å². The van der Waals surface area contributed by atoms with Crippen LogP contribution in [0.25, 0.3) is 11.0 Å². The number of aromatic nitrogens is 2. The summed E-state index contributed by atoms with van der Waals surface area (Å²) in [4.78, 5) is 42.9. The summed E-state index contributed by atoms with van der Waals surface area (Å²) in [5.74, 6) is -0.784. The van der Waals surface area contributed by atoms with Crippen molar-refractivity contribution in [1.82, 2.24) is 18.9 Å². The molecule has 0 spiro atoms. The van der Waals surface area contributed by atoms with Crippen molar-refractivity contribution in [3.8, 4) is 0 Å². The molecule has 230 valence electrons. The molecule has 12 heteroatoms. The third-order valence-electron chi connectivity index (χ3n) is 7.22. The van der Waals surface area contributed by atoms with Gasteiger partial charge in [0.2, 0.25) is 0 Å². The minimum Gasteiger partial charge on any atom is -0.444 e. The van der Waals surface area contributed by atoms with E-state index in [2.05, 4.69) is 0 Å². The summed E-state index contributed by atoms with van der Waals surface area (Å²) in [5, 5.41) is 0. The average Bonchev–Trinajstić information content (AvgIpc) is 3.13. The van der Waals surface area contributed by atoms with Crippen molar-refractivity contribution >= 4 is 23.0 Å². The van der Waals surface area contributed by atoms with E-state index in [1.807, 2.05) is 0 Å². The Morgan fingerprint density at radius 1 is 1.10 bits per heavy atom. The number of methoxy groups -OCH3 is 1. The van der Waals surface area contributed by atoms with Gasteiger partial charge in [0, 0.05) is 45.9 Å². The van der Waals surface area contributed by atoms with Gasteiger partial charge in [0.15, 0.2) is 0 Å². The van der Waals surface area contributed by atoms with Crippen molar-refractivity contribution in [1.29, 1.82) is 0 Å². The number of alkyl halides is 3. The summed E-state index contributed by atoms with van der Waals surface area (Å²) >= 11 is 0. The molecule has 0 unspecified atom stereocenters. The summed E-state index contributed by atoms with van der Waals surface area (Å²) in [6.07, 6.45) is -2.98. The molecule has 1 aliphatic rings. The number of hydrogen-bond acceptors (Lipinski definition) is 5. The molecule has 2 amide bonds. The van der Waals surface area contributed by atoms with Crippen LogP contribution in [0.1, 0.15) is 83.1 Å². The summed E-state index contributed by atoms with van der Waals surface area (Å²) in [6, 6.07) is 1.19. The van der Waals surface area contributed by atoms with Crippen molar-refractivity contribution in [3.63, 3.8) is 0 Å². The Hall–Kier alpha value is -3.02. The quantitative estimate of drug-likeness (QED) is 0.363. The highest BCUT2D eigenvalue weighted by atomic mass is 19.4. The topological polar surface area (TPSA) is 86.0 Å². The van der Waals surface area contributed by atoms with Crippen LogP contribution >= 0.6 is 0 Å². The van der Waals surface area contributed by atoms with Gasteiger partial charge in [-0.1, -0.05) is 0 Å². The first-order valence-corrected chi connectivity index (χ1v) is 14.2. The number of carbonyl (C=O) groups excluding carboxylic acids is 2. The molecular formula is C29H43F3N4O5. The average molecular weight is 585 g/mol. The van der Waals surface area contributed by atoms with Gasteiger partial charge in [0.25, 0.3) is 5.91 Å². The minimum atomic E-state index is -4.83. The molecule has 1 aromatic heterocycles. The minimum absolute atomic E-state index is 0.137. The monoisotopic (exact) mass is 584 g/mol. The predicted octanol–water partition coefficient (Wildman–Crippen LogP) is 5.52. The normalized spacial score (nSPS) is 16.5. The number of nitrogens with zero attached hydrogens (tertiary/aromatic N) is 4. The number of rotatable bonds is 9. The lowest BCUT2D eigenvalue weighted by atomic mass is 9.98. The van der Waals surface area contributed by atoms with E-state index in [9.17, 15) is 27.6 Å². The first kappa shape index (κ1) is 32.5. The lowest BCUT2D eigenvalue weighted by Gasteiger charge is -2.41. The van der Waals surface area contributed by atoms with Crippen LogP contribution in [0.2, 0.25) is 0 Å². The molecule has 0 saturated carbocycles. The molecule has 3 rings (SSSR count). The summed E-state index contributed by atoms with van der Waals surface area (Å²) in [7, 11) is 1.57. The molecule has 1 aromatic carbocycles. The Balaban J connectivity index is 2.08. The lowest BCUT2D eigenvalue weighted by Crippen LogP contribution is -2.54. The van der Waals surface area contributed by atoms with Crippen LogP contribution in [0, 0.1) is 0 Å². The molecule has 2 heterocycles. The van der Waals surface area contributed by atoms with Crippen molar-refractivity contribution in [2.24, 2.45) is 0 Å². The standard InChI is InChI=1S/C29H43F3N4O5/c1-8-34-24-17-22(29(30,31)32)21(16-23(24)35(26(34)38)14-9-10-15-40-7)25(37)36(19(2)3)20-12-11-13-33(18-20)27(39)41-28(4,5)6/h16-17,19-20H,8-15,18H2,1-7H3/t20-/m1/s1. The number of amides is 2. The predicted molar refractivity (Wildman–Crippen MR) is 150 cm³/mol. The highest BCUT2D eigenvalue weighted by Crippen LogP contribution is 2.36. The third kappa shape index (κ3) is 7.44. The smallest absolute Gasteiger partial charge is 0.417 e. The zero-order valence-corrected chi connectivity index (χ0v) is 25.1. The molecule has 1 aliphatic heterocycles. The summed E-state index contributed by atoms with van der Waals surface area (Å²) in [6.45, 7) is 12.0. The Morgan fingerprint density at radius 2 is 1.76 bits per heavy atom. The van der Waals surface area contributed by atoms with E-state index >= 15 is 0 Å². The maximum atomic E-state index is 14.5. The molecule has 41 heavy (non-hydrogen) atoms. The van der Waals surface area contributed by atoms with Crippen molar-refractivity contribution < 1.29 is 32.2 Å². The highest BCUT2D eigenvalue weighted by molar-refractivity contribution is 6.00. The van der Waals surface area contributed by atoms with Gasteiger partial charge in [0.1, 0.15) is 5.60 Å². The summed E-state index contributed by atoms with van der Waals surface area (Å²) in [5.41, 5.74) is -2.29. The SMILES string of the molecule is CCn1c(=O)n(CCCCOC)c2cc(C(=O)N(C(C)C)[C@@H]3CCCN(C(=O)OC(C)(C)C)C3)c(C(F)(F)F)cc21. The molecule has 9 nitrogen and oxygen atoms in total. The molecular weight excluding hydrogens is 541 g/mol. The maximum absolute atomic E-state index is 14.5. The van der Waals surface area contributed by atoms with E-state index in [0.29, 0.717) is 38.8 Å². The van der Waals surface area contributed by atoms with Crippen LogP contribution < -0.4 is 5.69 Å². The van der Waals surface area contributed by atoms with Gasteiger partial charge in [0.05, 0.1) is 28.2 Å². The molecule has 1 atom stereocenters. The first-order valence-electron chi connectivity index (χ1n) is 14.2. The van der Waals surface area contributed by atoms with E-state index in [0.717, 1.165) is 6.07 Å². The highest BCUT2D eigenvalue weighted by Gasteiger charge is 2.40. The lowest BCUT2D eigenvalue weighted by molar-refractivity contribution is -0.138. The molecule has 1 saturated heterocycles. The number of imidazole rings is 1. The largest absolute Gasteiger partial charge is 0.444 e. The third-order valence-corrected chi connectivity index (χ3v) is 7.22. The van der Waals surface area contributed by atoms with Gasteiger partial charge in [-0.15, -0.1) is 0 Å². The number of likely N-dealkylation sites (tertiary alicyclic amines) is 1. The second-order valence-corrected chi connectivity index (χ2v) is 11.8. The molecule has 0 aliphatic carbocycles. The van der Waals surface area contributed by atoms with Gasteiger partial charge in [-0.05, 0) is 79.4 Å². The number of carbonyl (C=O) groups is 2. The van der Waals surface area contributed by atoms with Gasteiger partial charge in [-0.3, -0.25) is 13.9 Å². The fourth-order valence-electron chi connectivity index (χ4n) is 5.45.